The van der Waals surface area contributed by atoms with Crippen LogP contribution in [0.25, 0.3) is 0 Å². The second kappa shape index (κ2) is 5.47. The van der Waals surface area contributed by atoms with E-state index in [9.17, 15) is 8.42 Å². The van der Waals surface area contributed by atoms with E-state index in [0.717, 1.165) is 0 Å². The van der Waals surface area contributed by atoms with E-state index in [4.69, 9.17) is 22.0 Å². The van der Waals surface area contributed by atoms with Crippen molar-refractivity contribution < 1.29 is 13.5 Å². The lowest BCUT2D eigenvalue weighted by atomic mass is 10.2. The molecule has 7 heteroatoms. The van der Waals surface area contributed by atoms with Crippen LogP contribution in [0.3, 0.4) is 0 Å². The molecule has 1 aromatic rings. The van der Waals surface area contributed by atoms with Crippen LogP contribution in [0.1, 0.15) is 12.5 Å². The zero-order valence-corrected chi connectivity index (χ0v) is 10.6. The molecule has 1 aromatic carbocycles. The number of aliphatic hydroxyl groups excluding tert-OH is 1. The zero-order valence-electron chi connectivity index (χ0n) is 9.01. The van der Waals surface area contributed by atoms with Crippen LogP contribution in [-0.4, -0.2) is 26.2 Å². The lowest BCUT2D eigenvalue weighted by Gasteiger charge is -2.12. The van der Waals surface area contributed by atoms with Crippen molar-refractivity contribution in [3.63, 3.8) is 0 Å². The van der Waals surface area contributed by atoms with Crippen molar-refractivity contribution in [1.82, 2.24) is 4.72 Å². The Morgan fingerprint density at radius 1 is 1.59 bits per heavy atom. The van der Waals surface area contributed by atoms with Gasteiger partial charge >= 0.3 is 0 Å². The number of nitrogens with one attached hydrogen (secondary N) is 1. The van der Waals surface area contributed by atoms with Crippen LogP contribution in [0.4, 0.5) is 0 Å². The number of sulfonamides is 1. The minimum Gasteiger partial charge on any atom is -0.395 e. The minimum atomic E-state index is -3.85. The van der Waals surface area contributed by atoms with E-state index in [1.807, 2.05) is 0 Å². The van der Waals surface area contributed by atoms with Gasteiger partial charge in [0.2, 0.25) is 10.0 Å². The van der Waals surface area contributed by atoms with Gasteiger partial charge in [-0.2, -0.15) is 5.26 Å². The summed E-state index contributed by atoms with van der Waals surface area (Å²) in [6.07, 6.45) is 0. The molecule has 0 fully saturated rings. The monoisotopic (exact) mass is 274 g/mol. The molecule has 2 N–H and O–H groups in total. The molecule has 0 heterocycles. The molecular weight excluding hydrogens is 264 g/mol. The van der Waals surface area contributed by atoms with Crippen molar-refractivity contribution in [2.45, 2.75) is 17.9 Å². The molecule has 0 amide bonds. The van der Waals surface area contributed by atoms with Gasteiger partial charge in [-0.15, -0.1) is 0 Å². The van der Waals surface area contributed by atoms with Crippen LogP contribution in [-0.2, 0) is 10.0 Å². The molecule has 17 heavy (non-hydrogen) atoms. The molecule has 0 aliphatic heterocycles. The van der Waals surface area contributed by atoms with E-state index in [2.05, 4.69) is 4.72 Å². The molecule has 0 bridgehead atoms. The second-order valence-electron chi connectivity index (χ2n) is 3.46. The number of hydrogen-bond donors (Lipinski definition) is 2. The summed E-state index contributed by atoms with van der Waals surface area (Å²) in [6, 6.07) is 5.12. The van der Waals surface area contributed by atoms with Gasteiger partial charge in [0.1, 0.15) is 11.0 Å². The first-order chi connectivity index (χ1) is 7.90. The summed E-state index contributed by atoms with van der Waals surface area (Å²) in [5.74, 6) is 0. The van der Waals surface area contributed by atoms with Crippen molar-refractivity contribution in [2.24, 2.45) is 0 Å². The molecule has 5 nitrogen and oxygen atoms in total. The standard InChI is InChI=1S/C10H11ClN2O3S/c1-7(6-14)13-17(15,16)10-4-9(11)3-2-8(10)5-12/h2-4,7,13-14H,6H2,1H3/t7-/m1/s1. The van der Waals surface area contributed by atoms with Gasteiger partial charge in [0, 0.05) is 11.1 Å². The number of nitriles is 1. The van der Waals surface area contributed by atoms with Crippen molar-refractivity contribution in [2.75, 3.05) is 6.61 Å². The largest absolute Gasteiger partial charge is 0.395 e. The van der Waals surface area contributed by atoms with Crippen molar-refractivity contribution in [3.8, 4) is 6.07 Å². The maximum Gasteiger partial charge on any atom is 0.242 e. The summed E-state index contributed by atoms with van der Waals surface area (Å²) < 4.78 is 26.0. The fourth-order valence-electron chi connectivity index (χ4n) is 1.18. The molecule has 0 radical (unpaired) electrons. The first kappa shape index (κ1) is 13.9. The zero-order chi connectivity index (χ0) is 13.1. The maximum absolute atomic E-state index is 11.9. The molecule has 0 aliphatic rings. The van der Waals surface area contributed by atoms with Gasteiger partial charge < -0.3 is 5.11 Å². The van der Waals surface area contributed by atoms with E-state index in [-0.39, 0.29) is 22.1 Å². The SMILES string of the molecule is C[C@H](CO)NS(=O)(=O)c1cc(Cl)ccc1C#N. The molecule has 0 saturated heterocycles. The average Bonchev–Trinajstić information content (AvgIpc) is 2.28. The van der Waals surface area contributed by atoms with Crippen molar-refractivity contribution in [1.29, 1.82) is 5.26 Å². The molecular formula is C10H11ClN2O3S. The molecule has 0 unspecified atom stereocenters. The molecule has 0 aromatic heterocycles. The Kier molecular flexibility index (Phi) is 4.48. The molecule has 92 valence electrons. The van der Waals surface area contributed by atoms with Crippen LogP contribution >= 0.6 is 11.6 Å². The summed E-state index contributed by atoms with van der Waals surface area (Å²) in [6.45, 7) is 1.18. The van der Waals surface area contributed by atoms with Gasteiger partial charge in [0.15, 0.2) is 0 Å². The first-order valence-corrected chi connectivity index (χ1v) is 6.59. The highest BCUT2D eigenvalue weighted by atomic mass is 35.5. The number of nitrogens with zero attached hydrogens (tertiary/aromatic N) is 1. The predicted octanol–water partition coefficient (Wildman–Crippen LogP) is 0.871. The average molecular weight is 275 g/mol. The highest BCUT2D eigenvalue weighted by Crippen LogP contribution is 2.20. The lowest BCUT2D eigenvalue weighted by molar-refractivity contribution is 0.265. The summed E-state index contributed by atoms with van der Waals surface area (Å²) in [5, 5.41) is 17.9. The van der Waals surface area contributed by atoms with E-state index in [0.29, 0.717) is 0 Å². The summed E-state index contributed by atoms with van der Waals surface area (Å²) in [5.41, 5.74) is 0.00652. The van der Waals surface area contributed by atoms with Crippen LogP contribution in [0.5, 0.6) is 0 Å². The molecule has 1 atom stereocenters. The Bertz CT molecular complexity index is 551. The van der Waals surface area contributed by atoms with Gasteiger partial charge in [-0.25, -0.2) is 13.1 Å². The maximum atomic E-state index is 11.9. The fourth-order valence-corrected chi connectivity index (χ4v) is 2.83. The van der Waals surface area contributed by atoms with Gasteiger partial charge in [0.05, 0.1) is 12.2 Å². The molecule has 1 rings (SSSR count). The molecule has 0 spiro atoms. The first-order valence-electron chi connectivity index (χ1n) is 4.73. The van der Waals surface area contributed by atoms with E-state index >= 15 is 0 Å². The molecule has 0 saturated carbocycles. The summed E-state index contributed by atoms with van der Waals surface area (Å²) >= 11 is 5.70. The van der Waals surface area contributed by atoms with Crippen LogP contribution in [0.15, 0.2) is 23.1 Å². The van der Waals surface area contributed by atoms with Crippen molar-refractivity contribution >= 4 is 21.6 Å². The lowest BCUT2D eigenvalue weighted by Crippen LogP contribution is -2.35. The number of hydrogen-bond acceptors (Lipinski definition) is 4. The van der Waals surface area contributed by atoms with Crippen LogP contribution in [0, 0.1) is 11.3 Å². The molecule has 0 aliphatic carbocycles. The minimum absolute atomic E-state index is 0.00652. The highest BCUT2D eigenvalue weighted by molar-refractivity contribution is 7.89. The third-order valence-electron chi connectivity index (χ3n) is 1.98. The quantitative estimate of drug-likeness (QED) is 0.852. The Hall–Kier alpha value is -1.13. The van der Waals surface area contributed by atoms with Gasteiger partial charge in [-0.05, 0) is 25.1 Å². The Balaban J connectivity index is 3.24. The van der Waals surface area contributed by atoms with Gasteiger partial charge in [-0.3, -0.25) is 0 Å². The van der Waals surface area contributed by atoms with Crippen LogP contribution < -0.4 is 4.72 Å². The number of aliphatic hydroxyl groups is 1. The predicted molar refractivity (Wildman–Crippen MR) is 63.0 cm³/mol. The van der Waals surface area contributed by atoms with Crippen molar-refractivity contribution in [3.05, 3.63) is 28.8 Å². The Morgan fingerprint density at radius 3 is 2.76 bits per heavy atom. The fraction of sp³-hybridized carbons (Fsp3) is 0.300. The third kappa shape index (κ3) is 3.41. The highest BCUT2D eigenvalue weighted by Gasteiger charge is 2.21. The van der Waals surface area contributed by atoms with Crippen LogP contribution in [0.2, 0.25) is 5.02 Å². The summed E-state index contributed by atoms with van der Waals surface area (Å²) in [4.78, 5) is -0.187. The third-order valence-corrected chi connectivity index (χ3v) is 3.85. The number of halogens is 1. The smallest absolute Gasteiger partial charge is 0.242 e. The van der Waals surface area contributed by atoms with E-state index in [1.165, 1.54) is 25.1 Å². The van der Waals surface area contributed by atoms with E-state index in [1.54, 1.807) is 6.07 Å². The number of benzene rings is 1. The number of rotatable bonds is 4. The normalized spacial score (nSPS) is 13.1. The van der Waals surface area contributed by atoms with Gasteiger partial charge in [0.25, 0.3) is 0 Å². The van der Waals surface area contributed by atoms with E-state index < -0.39 is 16.1 Å². The Labute approximate surface area is 105 Å². The second-order valence-corrected chi connectivity index (χ2v) is 5.58. The summed E-state index contributed by atoms with van der Waals surface area (Å²) in [7, 11) is -3.85. The van der Waals surface area contributed by atoms with Gasteiger partial charge in [-0.1, -0.05) is 11.6 Å². The Morgan fingerprint density at radius 2 is 2.24 bits per heavy atom. The topological polar surface area (TPSA) is 90.2 Å².